The molecule has 6 heteroatoms. The molecule has 1 saturated heterocycles. The molecule has 1 aliphatic heterocycles. The van der Waals surface area contributed by atoms with E-state index in [1.807, 2.05) is 6.07 Å². The van der Waals surface area contributed by atoms with Crippen LogP contribution in [0.2, 0.25) is 0 Å². The van der Waals surface area contributed by atoms with Gasteiger partial charge >= 0.3 is 0 Å². The van der Waals surface area contributed by atoms with Gasteiger partial charge in [0.1, 0.15) is 0 Å². The number of carbonyl (C=O) groups excluding carboxylic acids is 1. The summed E-state index contributed by atoms with van der Waals surface area (Å²) in [5.74, 6) is 0.962. The molecule has 1 amide bonds. The Bertz CT molecular complexity index is 415. The molecule has 1 fully saturated rings. The van der Waals surface area contributed by atoms with Gasteiger partial charge < -0.3 is 16.0 Å². The van der Waals surface area contributed by atoms with Crippen LogP contribution in [0.3, 0.4) is 0 Å². The lowest BCUT2D eigenvalue weighted by Crippen LogP contribution is -2.40. The topological polar surface area (TPSA) is 84.1 Å². The summed E-state index contributed by atoms with van der Waals surface area (Å²) in [6.45, 7) is 2.04. The van der Waals surface area contributed by atoms with Crippen molar-refractivity contribution in [3.8, 4) is 0 Å². The fourth-order valence-electron chi connectivity index (χ4n) is 2.20. The van der Waals surface area contributed by atoms with Crippen LogP contribution in [0.25, 0.3) is 0 Å². The second-order valence-electron chi connectivity index (χ2n) is 4.43. The van der Waals surface area contributed by atoms with E-state index in [0.29, 0.717) is 12.5 Å². The third kappa shape index (κ3) is 2.76. The number of anilines is 1. The van der Waals surface area contributed by atoms with Crippen molar-refractivity contribution in [2.75, 3.05) is 25.0 Å². The Morgan fingerprint density at radius 3 is 2.89 bits per heavy atom. The number of nitrogens with zero attached hydrogens (tertiary/aromatic N) is 3. The zero-order chi connectivity index (χ0) is 13.0. The van der Waals surface area contributed by atoms with E-state index in [1.165, 1.54) is 0 Å². The van der Waals surface area contributed by atoms with Gasteiger partial charge in [0.15, 0.2) is 0 Å². The number of amides is 1. The quantitative estimate of drug-likeness (QED) is 0.781. The predicted octanol–water partition coefficient (Wildman–Crippen LogP) is -0.102. The molecule has 3 N–H and O–H groups in total. The van der Waals surface area contributed by atoms with Gasteiger partial charge in [-0.15, -0.1) is 0 Å². The van der Waals surface area contributed by atoms with Gasteiger partial charge in [-0.05, 0) is 18.9 Å². The predicted molar refractivity (Wildman–Crippen MR) is 68.9 cm³/mol. The number of aromatic nitrogens is 2. The number of nitrogens with one attached hydrogen (secondary N) is 1. The van der Waals surface area contributed by atoms with Gasteiger partial charge in [-0.25, -0.2) is 9.97 Å². The smallest absolute Gasteiger partial charge is 0.225 e. The normalized spacial score (nSPS) is 16.7. The van der Waals surface area contributed by atoms with E-state index >= 15 is 0 Å². The molecule has 1 aromatic rings. The summed E-state index contributed by atoms with van der Waals surface area (Å²) in [4.78, 5) is 22.3. The summed E-state index contributed by atoms with van der Waals surface area (Å²) in [5, 5.41) is 2.70. The Labute approximate surface area is 107 Å². The molecule has 0 aromatic carbocycles. The van der Waals surface area contributed by atoms with Crippen LogP contribution in [-0.4, -0.2) is 36.0 Å². The van der Waals surface area contributed by atoms with Gasteiger partial charge in [-0.3, -0.25) is 4.79 Å². The molecular formula is C12H19N5O. The Morgan fingerprint density at radius 2 is 2.28 bits per heavy atom. The summed E-state index contributed by atoms with van der Waals surface area (Å²) < 4.78 is 0. The lowest BCUT2D eigenvalue weighted by molar-refractivity contribution is -0.125. The van der Waals surface area contributed by atoms with Crippen molar-refractivity contribution in [3.63, 3.8) is 0 Å². The number of rotatable bonds is 3. The van der Waals surface area contributed by atoms with E-state index < -0.39 is 0 Å². The molecule has 0 radical (unpaired) electrons. The van der Waals surface area contributed by atoms with Crippen molar-refractivity contribution in [1.82, 2.24) is 15.3 Å². The fraction of sp³-hybridized carbons (Fsp3) is 0.583. The second kappa shape index (κ2) is 5.77. The minimum Gasteiger partial charge on any atom is -0.359 e. The Hall–Kier alpha value is -1.69. The largest absolute Gasteiger partial charge is 0.359 e. The van der Waals surface area contributed by atoms with Crippen molar-refractivity contribution in [1.29, 1.82) is 0 Å². The standard InChI is InChI=1S/C12H19N5O/c1-14-11(18)9-3-6-17(7-4-9)12-15-5-2-10(8-13)16-12/h2,5,9H,3-4,6-8,13H2,1H3,(H,14,18). The lowest BCUT2D eigenvalue weighted by atomic mass is 9.96. The van der Waals surface area contributed by atoms with Crippen LogP contribution < -0.4 is 16.0 Å². The third-order valence-corrected chi connectivity index (χ3v) is 3.30. The van der Waals surface area contributed by atoms with Crippen LogP contribution in [0, 0.1) is 5.92 Å². The first-order chi connectivity index (χ1) is 8.74. The monoisotopic (exact) mass is 249 g/mol. The van der Waals surface area contributed by atoms with Gasteiger partial charge in [-0.2, -0.15) is 0 Å². The van der Waals surface area contributed by atoms with Gasteiger partial charge in [0.25, 0.3) is 0 Å². The van der Waals surface area contributed by atoms with E-state index in [4.69, 9.17) is 5.73 Å². The summed E-state index contributed by atoms with van der Waals surface area (Å²) in [6, 6.07) is 1.82. The molecule has 1 aliphatic rings. The van der Waals surface area contributed by atoms with Crippen LogP contribution in [0.4, 0.5) is 5.95 Å². The van der Waals surface area contributed by atoms with Crippen molar-refractivity contribution in [2.24, 2.45) is 11.7 Å². The van der Waals surface area contributed by atoms with E-state index in [0.717, 1.165) is 31.6 Å². The van der Waals surface area contributed by atoms with Crippen LogP contribution in [0.15, 0.2) is 12.3 Å². The average molecular weight is 249 g/mol. The SMILES string of the molecule is CNC(=O)C1CCN(c2nccc(CN)n2)CC1. The maximum atomic E-state index is 11.5. The van der Waals surface area contributed by atoms with Gasteiger partial charge in [0.05, 0.1) is 5.69 Å². The second-order valence-corrected chi connectivity index (χ2v) is 4.43. The molecule has 0 unspecified atom stereocenters. The molecule has 2 rings (SSSR count). The molecule has 98 valence electrons. The Balaban J connectivity index is 1.98. The molecular weight excluding hydrogens is 230 g/mol. The van der Waals surface area contributed by atoms with Gasteiger partial charge in [0.2, 0.25) is 11.9 Å². The minimum atomic E-state index is 0.115. The summed E-state index contributed by atoms with van der Waals surface area (Å²) in [7, 11) is 1.68. The highest BCUT2D eigenvalue weighted by Crippen LogP contribution is 2.20. The van der Waals surface area contributed by atoms with Crippen molar-refractivity contribution < 1.29 is 4.79 Å². The highest BCUT2D eigenvalue weighted by Gasteiger charge is 2.25. The average Bonchev–Trinajstić information content (AvgIpc) is 2.46. The van der Waals surface area contributed by atoms with Crippen LogP contribution in [0.1, 0.15) is 18.5 Å². The first kappa shape index (κ1) is 12.8. The maximum Gasteiger partial charge on any atom is 0.225 e. The number of hydrogen-bond donors (Lipinski definition) is 2. The molecule has 2 heterocycles. The first-order valence-electron chi connectivity index (χ1n) is 6.23. The van der Waals surface area contributed by atoms with Crippen molar-refractivity contribution in [3.05, 3.63) is 18.0 Å². The number of piperidine rings is 1. The van der Waals surface area contributed by atoms with E-state index in [-0.39, 0.29) is 11.8 Å². The molecule has 18 heavy (non-hydrogen) atoms. The Morgan fingerprint density at radius 1 is 1.56 bits per heavy atom. The molecule has 1 aromatic heterocycles. The van der Waals surface area contributed by atoms with E-state index in [1.54, 1.807) is 13.2 Å². The number of nitrogens with two attached hydrogens (primary N) is 1. The fourth-order valence-corrected chi connectivity index (χ4v) is 2.20. The number of hydrogen-bond acceptors (Lipinski definition) is 5. The highest BCUT2D eigenvalue weighted by molar-refractivity contribution is 5.78. The first-order valence-corrected chi connectivity index (χ1v) is 6.23. The van der Waals surface area contributed by atoms with Crippen LogP contribution >= 0.6 is 0 Å². The minimum absolute atomic E-state index is 0.115. The lowest BCUT2D eigenvalue weighted by Gasteiger charge is -2.31. The zero-order valence-corrected chi connectivity index (χ0v) is 10.6. The molecule has 0 saturated carbocycles. The summed E-state index contributed by atoms with van der Waals surface area (Å²) in [6.07, 6.45) is 3.42. The van der Waals surface area contributed by atoms with Crippen LogP contribution in [-0.2, 0) is 11.3 Å². The highest BCUT2D eigenvalue weighted by atomic mass is 16.1. The summed E-state index contributed by atoms with van der Waals surface area (Å²) >= 11 is 0. The maximum absolute atomic E-state index is 11.5. The van der Waals surface area contributed by atoms with Crippen LogP contribution in [0.5, 0.6) is 0 Å². The third-order valence-electron chi connectivity index (χ3n) is 3.30. The van der Waals surface area contributed by atoms with Crippen molar-refractivity contribution in [2.45, 2.75) is 19.4 Å². The number of carbonyl (C=O) groups is 1. The molecule has 0 atom stereocenters. The van der Waals surface area contributed by atoms with E-state index in [2.05, 4.69) is 20.2 Å². The molecule has 6 nitrogen and oxygen atoms in total. The van der Waals surface area contributed by atoms with E-state index in [9.17, 15) is 4.79 Å². The van der Waals surface area contributed by atoms with Gasteiger partial charge in [0, 0.05) is 38.8 Å². The molecule has 0 aliphatic carbocycles. The van der Waals surface area contributed by atoms with Crippen molar-refractivity contribution >= 4 is 11.9 Å². The molecule has 0 bridgehead atoms. The Kier molecular flexibility index (Phi) is 4.09. The molecule has 0 spiro atoms. The summed E-state index contributed by atoms with van der Waals surface area (Å²) in [5.41, 5.74) is 6.41. The zero-order valence-electron chi connectivity index (χ0n) is 10.6. The van der Waals surface area contributed by atoms with Gasteiger partial charge in [-0.1, -0.05) is 0 Å².